The lowest BCUT2D eigenvalue weighted by atomic mass is 10.2. The van der Waals surface area contributed by atoms with Crippen LogP contribution in [0.3, 0.4) is 0 Å². The maximum absolute atomic E-state index is 12.2. The van der Waals surface area contributed by atoms with E-state index in [9.17, 15) is 4.79 Å². The van der Waals surface area contributed by atoms with Crippen molar-refractivity contribution in [1.82, 2.24) is 24.8 Å². The Labute approximate surface area is 115 Å². The topological polar surface area (TPSA) is 88.0 Å². The van der Waals surface area contributed by atoms with E-state index in [2.05, 4.69) is 25.6 Å². The molecule has 0 bridgehead atoms. The number of anilines is 1. The molecule has 102 valence electrons. The van der Waals surface area contributed by atoms with E-state index >= 15 is 0 Å². The molecule has 3 aromatic heterocycles. The molecule has 3 rings (SSSR count). The average molecular weight is 270 g/mol. The molecule has 0 spiro atoms. The Morgan fingerprint density at radius 2 is 2.10 bits per heavy atom. The van der Waals surface area contributed by atoms with Crippen molar-refractivity contribution < 1.29 is 4.79 Å². The predicted octanol–water partition coefficient (Wildman–Crippen LogP) is 1.63. The van der Waals surface area contributed by atoms with E-state index in [1.807, 2.05) is 26.8 Å². The largest absolute Gasteiger partial charge is 0.305 e. The molecule has 3 heterocycles. The number of aromatic nitrogens is 5. The van der Waals surface area contributed by atoms with Crippen molar-refractivity contribution in [3.8, 4) is 0 Å². The summed E-state index contributed by atoms with van der Waals surface area (Å²) in [6.45, 7) is 5.60. The van der Waals surface area contributed by atoms with Gasteiger partial charge in [-0.3, -0.25) is 9.89 Å². The van der Waals surface area contributed by atoms with Crippen LogP contribution < -0.4 is 5.32 Å². The minimum absolute atomic E-state index is 0.253. The number of hydrogen-bond donors (Lipinski definition) is 2. The molecule has 0 fully saturated rings. The van der Waals surface area contributed by atoms with Crippen LogP contribution in [0.1, 0.15) is 27.4 Å². The first-order valence-corrected chi connectivity index (χ1v) is 6.20. The van der Waals surface area contributed by atoms with Crippen LogP contribution in [0.25, 0.3) is 5.65 Å². The van der Waals surface area contributed by atoms with Crippen molar-refractivity contribution in [3.05, 3.63) is 41.0 Å². The van der Waals surface area contributed by atoms with Gasteiger partial charge in [0.1, 0.15) is 0 Å². The van der Waals surface area contributed by atoms with Gasteiger partial charge in [0.05, 0.1) is 17.0 Å². The van der Waals surface area contributed by atoms with Gasteiger partial charge in [-0.05, 0) is 20.8 Å². The van der Waals surface area contributed by atoms with Gasteiger partial charge >= 0.3 is 0 Å². The molecule has 0 saturated carbocycles. The fourth-order valence-electron chi connectivity index (χ4n) is 2.05. The minimum Gasteiger partial charge on any atom is -0.305 e. The third kappa shape index (κ3) is 2.03. The second-order valence-corrected chi connectivity index (χ2v) is 4.70. The standard InChI is InChI=1S/C13H14N6O/c1-7-4-11(17-16-7)15-13(20)10-6-14-12-5-8(2)18-19(12)9(10)3/h4-6H,1-3H3,(H2,15,16,17,20). The SMILES string of the molecule is Cc1cc2ncc(C(=O)Nc3cc(C)[nH]n3)c(C)n2n1. The number of carbonyl (C=O) groups is 1. The zero-order valence-corrected chi connectivity index (χ0v) is 11.4. The van der Waals surface area contributed by atoms with Crippen molar-refractivity contribution in [2.75, 3.05) is 5.32 Å². The number of carbonyl (C=O) groups excluding carboxylic acids is 1. The van der Waals surface area contributed by atoms with Crippen LogP contribution >= 0.6 is 0 Å². The smallest absolute Gasteiger partial charge is 0.260 e. The summed E-state index contributed by atoms with van der Waals surface area (Å²) >= 11 is 0. The molecule has 7 nitrogen and oxygen atoms in total. The lowest BCUT2D eigenvalue weighted by Crippen LogP contribution is -2.16. The zero-order valence-electron chi connectivity index (χ0n) is 11.4. The molecule has 0 aliphatic carbocycles. The van der Waals surface area contributed by atoms with Crippen LogP contribution in [0.15, 0.2) is 18.3 Å². The van der Waals surface area contributed by atoms with Crippen LogP contribution in [-0.4, -0.2) is 30.7 Å². The zero-order chi connectivity index (χ0) is 14.3. The van der Waals surface area contributed by atoms with Crippen LogP contribution in [0.4, 0.5) is 5.82 Å². The summed E-state index contributed by atoms with van der Waals surface area (Å²) in [5, 5.41) is 13.8. The number of fused-ring (bicyclic) bond motifs is 1. The molecular formula is C13H14N6O. The average Bonchev–Trinajstić information content (AvgIpc) is 2.95. The third-order valence-electron chi connectivity index (χ3n) is 3.04. The predicted molar refractivity (Wildman–Crippen MR) is 73.7 cm³/mol. The van der Waals surface area contributed by atoms with Gasteiger partial charge < -0.3 is 5.32 Å². The Bertz CT molecular complexity index is 800. The van der Waals surface area contributed by atoms with Gasteiger partial charge in [0, 0.05) is 24.0 Å². The number of nitrogens with zero attached hydrogens (tertiary/aromatic N) is 4. The number of hydrogen-bond acceptors (Lipinski definition) is 4. The van der Waals surface area contributed by atoms with E-state index in [1.165, 1.54) is 0 Å². The Morgan fingerprint density at radius 1 is 1.30 bits per heavy atom. The van der Waals surface area contributed by atoms with Crippen LogP contribution in [0.5, 0.6) is 0 Å². The van der Waals surface area contributed by atoms with Crippen LogP contribution in [-0.2, 0) is 0 Å². The normalized spacial score (nSPS) is 10.9. The first-order valence-electron chi connectivity index (χ1n) is 6.20. The van der Waals surface area contributed by atoms with E-state index in [4.69, 9.17) is 0 Å². The Morgan fingerprint density at radius 3 is 2.80 bits per heavy atom. The molecule has 0 atom stereocenters. The quantitative estimate of drug-likeness (QED) is 0.740. The summed E-state index contributed by atoms with van der Waals surface area (Å²) in [5.74, 6) is 0.236. The molecular weight excluding hydrogens is 256 g/mol. The summed E-state index contributed by atoms with van der Waals surface area (Å²) < 4.78 is 1.67. The van der Waals surface area contributed by atoms with Gasteiger partial charge in [-0.2, -0.15) is 10.2 Å². The number of rotatable bonds is 2. The lowest BCUT2D eigenvalue weighted by molar-refractivity contribution is 0.102. The first-order chi connectivity index (χ1) is 9.54. The molecule has 0 saturated heterocycles. The number of nitrogens with one attached hydrogen (secondary N) is 2. The van der Waals surface area contributed by atoms with E-state index in [0.717, 1.165) is 22.7 Å². The fraction of sp³-hybridized carbons (Fsp3) is 0.231. The van der Waals surface area contributed by atoms with Crippen molar-refractivity contribution in [2.24, 2.45) is 0 Å². The van der Waals surface area contributed by atoms with Gasteiger partial charge in [0.2, 0.25) is 0 Å². The third-order valence-corrected chi connectivity index (χ3v) is 3.04. The van der Waals surface area contributed by atoms with Gasteiger partial charge in [0.25, 0.3) is 5.91 Å². The highest BCUT2D eigenvalue weighted by Gasteiger charge is 2.14. The summed E-state index contributed by atoms with van der Waals surface area (Å²) in [4.78, 5) is 16.5. The maximum Gasteiger partial charge on any atom is 0.260 e. The number of aryl methyl sites for hydroxylation is 3. The lowest BCUT2D eigenvalue weighted by Gasteiger charge is -2.06. The van der Waals surface area contributed by atoms with E-state index in [1.54, 1.807) is 16.8 Å². The summed E-state index contributed by atoms with van der Waals surface area (Å²) in [6.07, 6.45) is 1.56. The molecule has 3 aromatic rings. The number of aromatic amines is 1. The molecule has 2 N–H and O–H groups in total. The summed E-state index contributed by atoms with van der Waals surface area (Å²) in [7, 11) is 0. The van der Waals surface area contributed by atoms with Gasteiger partial charge in [-0.1, -0.05) is 0 Å². The van der Waals surface area contributed by atoms with Gasteiger partial charge in [-0.25, -0.2) is 9.50 Å². The second kappa shape index (κ2) is 4.44. The van der Waals surface area contributed by atoms with E-state index < -0.39 is 0 Å². The highest BCUT2D eigenvalue weighted by Crippen LogP contribution is 2.13. The van der Waals surface area contributed by atoms with E-state index in [-0.39, 0.29) is 5.91 Å². The highest BCUT2D eigenvalue weighted by molar-refractivity contribution is 6.04. The van der Waals surface area contributed by atoms with E-state index in [0.29, 0.717) is 11.4 Å². The van der Waals surface area contributed by atoms with Crippen molar-refractivity contribution in [1.29, 1.82) is 0 Å². The number of amides is 1. The molecule has 20 heavy (non-hydrogen) atoms. The van der Waals surface area contributed by atoms with Crippen LogP contribution in [0, 0.1) is 20.8 Å². The fourth-order valence-corrected chi connectivity index (χ4v) is 2.05. The Kier molecular flexibility index (Phi) is 2.74. The molecule has 0 aromatic carbocycles. The molecule has 7 heteroatoms. The van der Waals surface area contributed by atoms with Gasteiger partial charge in [0.15, 0.2) is 11.5 Å². The minimum atomic E-state index is -0.253. The Balaban J connectivity index is 1.97. The van der Waals surface area contributed by atoms with Gasteiger partial charge in [-0.15, -0.1) is 0 Å². The molecule has 1 amide bonds. The van der Waals surface area contributed by atoms with Crippen molar-refractivity contribution in [2.45, 2.75) is 20.8 Å². The first kappa shape index (κ1) is 12.3. The number of H-pyrrole nitrogens is 1. The second-order valence-electron chi connectivity index (χ2n) is 4.70. The molecule has 0 unspecified atom stereocenters. The molecule has 0 aliphatic rings. The van der Waals surface area contributed by atoms with Crippen molar-refractivity contribution >= 4 is 17.4 Å². The summed E-state index contributed by atoms with van der Waals surface area (Å²) in [5.41, 5.74) is 3.69. The molecule has 0 radical (unpaired) electrons. The monoisotopic (exact) mass is 270 g/mol. The Hall–Kier alpha value is -2.70. The highest BCUT2D eigenvalue weighted by atomic mass is 16.1. The van der Waals surface area contributed by atoms with Crippen LogP contribution in [0.2, 0.25) is 0 Å². The summed E-state index contributed by atoms with van der Waals surface area (Å²) in [6, 6.07) is 3.63. The molecule has 0 aliphatic heterocycles. The maximum atomic E-state index is 12.2. The van der Waals surface area contributed by atoms with Crippen molar-refractivity contribution in [3.63, 3.8) is 0 Å².